The van der Waals surface area contributed by atoms with Crippen LogP contribution in [-0.2, 0) is 6.42 Å². The molecule has 0 amide bonds. The van der Waals surface area contributed by atoms with Crippen LogP contribution >= 0.6 is 23.2 Å². The van der Waals surface area contributed by atoms with Crippen molar-refractivity contribution in [1.82, 2.24) is 15.5 Å². The minimum absolute atomic E-state index is 0.468. The Morgan fingerprint density at radius 3 is 2.70 bits per heavy atom. The second-order valence-electron chi connectivity index (χ2n) is 4.84. The van der Waals surface area contributed by atoms with Crippen LogP contribution in [0.4, 0.5) is 0 Å². The van der Waals surface area contributed by atoms with E-state index < -0.39 is 0 Å². The van der Waals surface area contributed by atoms with Gasteiger partial charge in [0.1, 0.15) is 0 Å². The summed E-state index contributed by atoms with van der Waals surface area (Å²) in [6.45, 7) is 5.17. The van der Waals surface area contributed by atoms with Gasteiger partial charge in [-0.3, -0.25) is 0 Å². The Hall–Kier alpha value is -1.10. The van der Waals surface area contributed by atoms with Crippen LogP contribution in [0.5, 0.6) is 0 Å². The Kier molecular flexibility index (Phi) is 5.40. The van der Waals surface area contributed by atoms with Crippen LogP contribution in [0.15, 0.2) is 22.6 Å². The molecule has 1 aromatic heterocycles. The molecule has 0 aliphatic rings. The Bertz CT molecular complexity index is 569. The van der Waals surface area contributed by atoms with Crippen LogP contribution in [-0.4, -0.2) is 22.8 Å². The summed E-state index contributed by atoms with van der Waals surface area (Å²) >= 11 is 11.9. The van der Waals surface area contributed by atoms with Gasteiger partial charge in [0.25, 0.3) is 0 Å². The lowest BCUT2D eigenvalue weighted by Gasteiger charge is -2.05. The third-order valence-electron chi connectivity index (χ3n) is 2.75. The summed E-state index contributed by atoms with van der Waals surface area (Å²) in [6, 6.07) is 5.74. The van der Waals surface area contributed by atoms with Gasteiger partial charge >= 0.3 is 0 Å². The fraction of sp³-hybridized carbons (Fsp3) is 0.429. The Labute approximate surface area is 128 Å². The van der Waals surface area contributed by atoms with Crippen LogP contribution < -0.4 is 5.32 Å². The molecule has 0 unspecified atom stereocenters. The van der Waals surface area contributed by atoms with E-state index in [2.05, 4.69) is 29.4 Å². The number of rotatable bonds is 6. The largest absolute Gasteiger partial charge is 0.421 e. The third-order valence-corrected chi connectivity index (χ3v) is 3.49. The summed E-state index contributed by atoms with van der Waals surface area (Å²) in [5.74, 6) is 1.10. The van der Waals surface area contributed by atoms with E-state index in [1.165, 1.54) is 0 Å². The normalized spacial score (nSPS) is 11.2. The average Bonchev–Trinajstić information content (AvgIpc) is 2.86. The van der Waals surface area contributed by atoms with Crippen molar-refractivity contribution in [3.8, 4) is 11.5 Å². The molecule has 0 fully saturated rings. The predicted octanol–water partition coefficient (Wildman–Crippen LogP) is 3.97. The summed E-state index contributed by atoms with van der Waals surface area (Å²) in [4.78, 5) is 0. The number of benzene rings is 1. The lowest BCUT2D eigenvalue weighted by Crippen LogP contribution is -2.23. The molecule has 0 bridgehead atoms. The number of nitrogens with zero attached hydrogens (tertiary/aromatic N) is 2. The standard InChI is InChI=1S/C14H17Cl2N3O/c1-9(2)17-7-3-4-13-18-19-14(20-13)10-5-6-11(15)12(16)8-10/h5-6,8-9,17H,3-4,7H2,1-2H3. The number of hydrogen-bond acceptors (Lipinski definition) is 4. The molecular formula is C14H17Cl2N3O. The van der Waals surface area contributed by atoms with Gasteiger partial charge in [0, 0.05) is 18.0 Å². The van der Waals surface area contributed by atoms with E-state index in [1.807, 2.05) is 6.07 Å². The Morgan fingerprint density at radius 2 is 2.00 bits per heavy atom. The summed E-state index contributed by atoms with van der Waals surface area (Å²) in [5.41, 5.74) is 0.776. The maximum atomic E-state index is 5.97. The zero-order chi connectivity index (χ0) is 14.5. The van der Waals surface area contributed by atoms with Crippen LogP contribution in [0.25, 0.3) is 11.5 Å². The molecule has 108 valence electrons. The molecule has 0 aliphatic carbocycles. The van der Waals surface area contributed by atoms with Gasteiger partial charge in [-0.15, -0.1) is 10.2 Å². The third kappa shape index (κ3) is 4.20. The quantitative estimate of drug-likeness (QED) is 0.820. The average molecular weight is 314 g/mol. The van der Waals surface area contributed by atoms with E-state index in [0.29, 0.717) is 27.9 Å². The number of aromatic nitrogens is 2. The van der Waals surface area contributed by atoms with Gasteiger partial charge in [0.15, 0.2) is 0 Å². The maximum Gasteiger partial charge on any atom is 0.247 e. The lowest BCUT2D eigenvalue weighted by atomic mass is 10.2. The molecule has 20 heavy (non-hydrogen) atoms. The minimum Gasteiger partial charge on any atom is -0.421 e. The first kappa shape index (κ1) is 15.3. The smallest absolute Gasteiger partial charge is 0.247 e. The fourth-order valence-corrected chi connectivity index (χ4v) is 2.03. The first-order valence-electron chi connectivity index (χ1n) is 6.57. The summed E-state index contributed by atoms with van der Waals surface area (Å²) in [6.07, 6.45) is 1.72. The Balaban J connectivity index is 1.96. The van der Waals surface area contributed by atoms with Gasteiger partial charge in [-0.25, -0.2) is 0 Å². The van der Waals surface area contributed by atoms with Gasteiger partial charge in [-0.2, -0.15) is 0 Å². The van der Waals surface area contributed by atoms with Gasteiger partial charge in [0.05, 0.1) is 10.0 Å². The molecule has 0 aliphatic heterocycles. The van der Waals surface area contributed by atoms with Crippen LogP contribution in [0.3, 0.4) is 0 Å². The Morgan fingerprint density at radius 1 is 1.20 bits per heavy atom. The van der Waals surface area contributed by atoms with Gasteiger partial charge < -0.3 is 9.73 Å². The van der Waals surface area contributed by atoms with E-state index in [0.717, 1.165) is 24.9 Å². The van der Waals surface area contributed by atoms with E-state index in [9.17, 15) is 0 Å². The second kappa shape index (κ2) is 7.07. The molecule has 0 saturated heterocycles. The molecule has 1 heterocycles. The summed E-state index contributed by atoms with van der Waals surface area (Å²) in [5, 5.41) is 12.4. The van der Waals surface area contributed by atoms with Gasteiger partial charge in [0.2, 0.25) is 11.8 Å². The van der Waals surface area contributed by atoms with Crippen LogP contribution in [0, 0.1) is 0 Å². The topological polar surface area (TPSA) is 51.0 Å². The molecule has 0 spiro atoms. The van der Waals surface area contributed by atoms with Crippen molar-refractivity contribution in [2.45, 2.75) is 32.7 Å². The molecule has 0 saturated carbocycles. The summed E-state index contributed by atoms with van der Waals surface area (Å²) in [7, 11) is 0. The minimum atomic E-state index is 0.468. The molecule has 4 nitrogen and oxygen atoms in total. The van der Waals surface area contributed by atoms with Crippen molar-refractivity contribution < 1.29 is 4.42 Å². The van der Waals surface area contributed by atoms with E-state index in [4.69, 9.17) is 27.6 Å². The van der Waals surface area contributed by atoms with Crippen LogP contribution in [0.2, 0.25) is 10.0 Å². The molecule has 0 radical (unpaired) electrons. The van der Waals surface area contributed by atoms with Gasteiger partial charge in [-0.05, 0) is 31.2 Å². The second-order valence-corrected chi connectivity index (χ2v) is 5.66. The maximum absolute atomic E-state index is 5.97. The number of hydrogen-bond donors (Lipinski definition) is 1. The highest BCUT2D eigenvalue weighted by atomic mass is 35.5. The van der Waals surface area contributed by atoms with Crippen molar-refractivity contribution in [2.75, 3.05) is 6.54 Å². The van der Waals surface area contributed by atoms with E-state index >= 15 is 0 Å². The highest BCUT2D eigenvalue weighted by Crippen LogP contribution is 2.27. The van der Waals surface area contributed by atoms with E-state index in [-0.39, 0.29) is 0 Å². The molecule has 1 N–H and O–H groups in total. The molecule has 0 atom stereocenters. The van der Waals surface area contributed by atoms with Gasteiger partial charge in [-0.1, -0.05) is 37.0 Å². The van der Waals surface area contributed by atoms with Crippen molar-refractivity contribution in [1.29, 1.82) is 0 Å². The first-order chi connectivity index (χ1) is 9.56. The SMILES string of the molecule is CC(C)NCCCc1nnc(-c2ccc(Cl)c(Cl)c2)o1. The number of aryl methyl sites for hydroxylation is 1. The van der Waals surface area contributed by atoms with Crippen LogP contribution in [0.1, 0.15) is 26.2 Å². The molecule has 2 rings (SSSR count). The van der Waals surface area contributed by atoms with E-state index in [1.54, 1.807) is 12.1 Å². The molecule has 6 heteroatoms. The highest BCUT2D eigenvalue weighted by molar-refractivity contribution is 6.42. The number of nitrogens with one attached hydrogen (secondary N) is 1. The first-order valence-corrected chi connectivity index (χ1v) is 7.33. The molecule has 2 aromatic rings. The number of halogens is 2. The van der Waals surface area contributed by atoms with Crippen molar-refractivity contribution in [3.05, 3.63) is 34.1 Å². The highest BCUT2D eigenvalue weighted by Gasteiger charge is 2.10. The van der Waals surface area contributed by atoms with Crippen molar-refractivity contribution >= 4 is 23.2 Å². The zero-order valence-corrected chi connectivity index (χ0v) is 13.0. The zero-order valence-electron chi connectivity index (χ0n) is 11.5. The summed E-state index contributed by atoms with van der Waals surface area (Å²) < 4.78 is 5.62. The van der Waals surface area contributed by atoms with Crippen molar-refractivity contribution in [2.24, 2.45) is 0 Å². The molecule has 1 aromatic carbocycles. The van der Waals surface area contributed by atoms with Crippen molar-refractivity contribution in [3.63, 3.8) is 0 Å². The monoisotopic (exact) mass is 313 g/mol. The molecular weight excluding hydrogens is 297 g/mol. The fourth-order valence-electron chi connectivity index (χ4n) is 1.73. The lowest BCUT2D eigenvalue weighted by molar-refractivity contribution is 0.484. The predicted molar refractivity (Wildman–Crippen MR) is 81.2 cm³/mol.